The number of nitrogens with zero attached hydrogens (tertiary/aromatic N) is 4. The van der Waals surface area contributed by atoms with Gasteiger partial charge in [-0.3, -0.25) is 29.0 Å². The number of hydrogen-bond donors (Lipinski definition) is 1. The zero-order chi connectivity index (χ0) is 34.6. The van der Waals surface area contributed by atoms with Crippen LogP contribution in [0.3, 0.4) is 0 Å². The number of aromatic nitrogens is 3. The molecule has 0 saturated carbocycles. The fourth-order valence-electron chi connectivity index (χ4n) is 5.58. The van der Waals surface area contributed by atoms with E-state index in [2.05, 4.69) is 26.3 Å². The highest BCUT2D eigenvalue weighted by molar-refractivity contribution is 7.22. The number of morpholine rings is 1. The Bertz CT molecular complexity index is 2220. The van der Waals surface area contributed by atoms with Crippen molar-refractivity contribution >= 4 is 45.6 Å². The molecule has 0 radical (unpaired) electrons. The molecule has 1 amide bonds. The fraction of sp³-hybridized carbons (Fsp3) is 0.189. The average Bonchev–Trinajstić information content (AvgIpc) is 3.56. The summed E-state index contributed by atoms with van der Waals surface area (Å²) in [5.74, 6) is -1.59. The van der Waals surface area contributed by atoms with Gasteiger partial charge in [-0.15, -0.1) is 23.7 Å². The molecule has 0 atom stereocenters. The predicted molar refractivity (Wildman–Crippen MR) is 194 cm³/mol. The van der Waals surface area contributed by atoms with Gasteiger partial charge in [0.15, 0.2) is 11.6 Å². The maximum absolute atomic E-state index is 15.4. The van der Waals surface area contributed by atoms with Crippen LogP contribution in [0.5, 0.6) is 17.2 Å². The third kappa shape index (κ3) is 7.92. The number of halogens is 3. The summed E-state index contributed by atoms with van der Waals surface area (Å²) >= 11 is 1.44. The van der Waals surface area contributed by atoms with Gasteiger partial charge in [-0.25, -0.2) is 8.78 Å². The summed E-state index contributed by atoms with van der Waals surface area (Å²) in [5, 5.41) is 2.58. The molecule has 2 aromatic carbocycles. The smallest absolute Gasteiger partial charge is 0.271 e. The molecular formula is C37H32ClF2N5O5S. The van der Waals surface area contributed by atoms with Gasteiger partial charge < -0.3 is 19.5 Å². The molecule has 1 N–H and O–H groups in total. The van der Waals surface area contributed by atoms with E-state index in [1.54, 1.807) is 19.2 Å². The number of anilines is 1. The Morgan fingerprint density at radius 1 is 0.961 bits per heavy atom. The van der Waals surface area contributed by atoms with Crippen LogP contribution in [-0.4, -0.2) is 58.3 Å². The number of ether oxygens (including phenoxy) is 3. The molecule has 1 fully saturated rings. The van der Waals surface area contributed by atoms with Crippen LogP contribution < -0.4 is 20.3 Å². The Morgan fingerprint density at radius 3 is 2.49 bits per heavy atom. The third-order valence-electron chi connectivity index (χ3n) is 8.06. The Morgan fingerprint density at radius 2 is 1.76 bits per heavy atom. The molecule has 1 aliphatic heterocycles. The van der Waals surface area contributed by atoms with Gasteiger partial charge in [-0.1, -0.05) is 6.07 Å². The first-order valence-corrected chi connectivity index (χ1v) is 16.7. The lowest BCUT2D eigenvalue weighted by Crippen LogP contribution is -2.35. The van der Waals surface area contributed by atoms with Crippen LogP contribution in [0, 0.1) is 11.6 Å². The molecule has 5 heterocycles. The standard InChI is InChI=1S/C37H31F2N5O5S.ClH/c1-2-48-31-12-14-44(26-7-4-24(38)5-8-26)37(46)34(31)36(45)42-25-6-10-30(27(39)19-25)49-32-11-13-40-29-20-33(50-35(29)32)28-9-3-23(21-41-28)22-43-15-17-47-18-16-43;/h3-14,19-21H,2,15-18,22H2,1H3,(H,42,45);1H. The maximum atomic E-state index is 15.4. The highest BCUT2D eigenvalue weighted by Gasteiger charge is 2.21. The van der Waals surface area contributed by atoms with Gasteiger partial charge in [0.1, 0.15) is 22.9 Å². The van der Waals surface area contributed by atoms with E-state index in [0.717, 1.165) is 59.7 Å². The summed E-state index contributed by atoms with van der Waals surface area (Å²) < 4.78 is 47.8. The fourth-order valence-corrected chi connectivity index (χ4v) is 6.63. The second-order valence-electron chi connectivity index (χ2n) is 11.4. The topological polar surface area (TPSA) is 108 Å². The highest BCUT2D eigenvalue weighted by Crippen LogP contribution is 2.39. The molecule has 7 rings (SSSR count). The van der Waals surface area contributed by atoms with Crippen molar-refractivity contribution < 1.29 is 27.8 Å². The first-order chi connectivity index (χ1) is 24.4. The molecule has 10 nitrogen and oxygen atoms in total. The number of benzene rings is 2. The molecular weight excluding hydrogens is 700 g/mol. The summed E-state index contributed by atoms with van der Waals surface area (Å²) in [4.78, 5) is 39.2. The molecule has 14 heteroatoms. The normalized spacial score (nSPS) is 13.1. The second-order valence-corrected chi connectivity index (χ2v) is 12.5. The predicted octanol–water partition coefficient (Wildman–Crippen LogP) is 7.48. The zero-order valence-electron chi connectivity index (χ0n) is 27.3. The number of fused-ring (bicyclic) bond motifs is 1. The third-order valence-corrected chi connectivity index (χ3v) is 9.22. The Balaban J connectivity index is 0.00000448. The van der Waals surface area contributed by atoms with Crippen LogP contribution in [0.25, 0.3) is 26.5 Å². The van der Waals surface area contributed by atoms with Crippen molar-refractivity contribution in [2.75, 3.05) is 38.2 Å². The molecule has 51 heavy (non-hydrogen) atoms. The van der Waals surface area contributed by atoms with Gasteiger partial charge in [0, 0.05) is 61.7 Å². The number of rotatable bonds is 10. The van der Waals surface area contributed by atoms with Gasteiger partial charge >= 0.3 is 0 Å². The zero-order valence-corrected chi connectivity index (χ0v) is 28.9. The van der Waals surface area contributed by atoms with Crippen LogP contribution >= 0.6 is 23.7 Å². The van der Waals surface area contributed by atoms with Crippen molar-refractivity contribution in [3.05, 3.63) is 125 Å². The lowest BCUT2D eigenvalue weighted by Gasteiger charge is -2.26. The Labute approximate surface area is 301 Å². The summed E-state index contributed by atoms with van der Waals surface area (Å²) in [5.41, 5.74) is 2.09. The van der Waals surface area contributed by atoms with Crippen molar-refractivity contribution in [2.45, 2.75) is 13.5 Å². The minimum atomic E-state index is -0.798. The highest BCUT2D eigenvalue weighted by atomic mass is 35.5. The molecule has 4 aromatic heterocycles. The number of hydrogen-bond acceptors (Lipinski definition) is 9. The van der Waals surface area contributed by atoms with Crippen LogP contribution in [0.4, 0.5) is 14.5 Å². The summed E-state index contributed by atoms with van der Waals surface area (Å²) in [6.45, 7) is 6.01. The first-order valence-electron chi connectivity index (χ1n) is 15.9. The number of nitrogens with one attached hydrogen (secondary N) is 1. The SMILES string of the molecule is CCOc1ccn(-c2ccc(F)cc2)c(=O)c1C(=O)Nc1ccc(Oc2ccnc3cc(-c4ccc(CN5CCOCC5)cn4)sc23)c(F)c1.Cl. The van der Waals surface area contributed by atoms with E-state index in [1.165, 1.54) is 64.6 Å². The Kier molecular flexibility index (Phi) is 11.0. The largest absolute Gasteiger partial charge is 0.493 e. The van der Waals surface area contributed by atoms with E-state index in [0.29, 0.717) is 17.0 Å². The summed E-state index contributed by atoms with van der Waals surface area (Å²) in [6, 6.07) is 18.3. The molecule has 0 aliphatic carbocycles. The van der Waals surface area contributed by atoms with Crippen LogP contribution in [0.15, 0.2) is 96.2 Å². The van der Waals surface area contributed by atoms with E-state index < -0.39 is 23.1 Å². The monoisotopic (exact) mass is 731 g/mol. The summed E-state index contributed by atoms with van der Waals surface area (Å²) in [6.07, 6.45) is 4.91. The number of amides is 1. The number of thiophene rings is 1. The van der Waals surface area contributed by atoms with Crippen LogP contribution in [0.1, 0.15) is 22.8 Å². The van der Waals surface area contributed by atoms with Gasteiger partial charge in [0.25, 0.3) is 11.5 Å². The number of carbonyl (C=O) groups is 1. The van der Waals surface area contributed by atoms with Crippen LogP contribution in [0.2, 0.25) is 0 Å². The Hall–Kier alpha value is -5.21. The number of carbonyl (C=O) groups excluding carboxylic acids is 1. The quantitative estimate of drug-likeness (QED) is 0.155. The van der Waals surface area contributed by atoms with E-state index in [9.17, 15) is 14.0 Å². The molecule has 0 spiro atoms. The maximum Gasteiger partial charge on any atom is 0.271 e. The van der Waals surface area contributed by atoms with Gasteiger partial charge in [0.05, 0.1) is 40.6 Å². The van der Waals surface area contributed by atoms with Gasteiger partial charge in [0.2, 0.25) is 0 Å². The first kappa shape index (κ1) is 35.6. The van der Waals surface area contributed by atoms with E-state index in [1.807, 2.05) is 18.3 Å². The minimum absolute atomic E-state index is 0. The molecule has 1 aliphatic rings. The minimum Gasteiger partial charge on any atom is -0.493 e. The van der Waals surface area contributed by atoms with Crippen molar-refractivity contribution in [2.24, 2.45) is 0 Å². The summed E-state index contributed by atoms with van der Waals surface area (Å²) in [7, 11) is 0. The van der Waals surface area contributed by atoms with E-state index >= 15 is 4.39 Å². The van der Waals surface area contributed by atoms with Crippen molar-refractivity contribution in [3.8, 4) is 33.5 Å². The van der Waals surface area contributed by atoms with Crippen molar-refractivity contribution in [1.82, 2.24) is 19.4 Å². The van der Waals surface area contributed by atoms with Crippen molar-refractivity contribution in [3.63, 3.8) is 0 Å². The van der Waals surface area contributed by atoms with Crippen molar-refractivity contribution in [1.29, 1.82) is 0 Å². The van der Waals surface area contributed by atoms with Gasteiger partial charge in [-0.05, 0) is 67.1 Å². The molecule has 6 aromatic rings. The van der Waals surface area contributed by atoms with E-state index in [4.69, 9.17) is 14.2 Å². The molecule has 0 unspecified atom stereocenters. The lowest BCUT2D eigenvalue weighted by atomic mass is 10.2. The molecule has 262 valence electrons. The number of pyridine rings is 3. The molecule has 1 saturated heterocycles. The van der Waals surface area contributed by atoms with Crippen LogP contribution in [-0.2, 0) is 11.3 Å². The van der Waals surface area contributed by atoms with Gasteiger partial charge in [-0.2, -0.15) is 0 Å². The molecule has 0 bridgehead atoms. The second kappa shape index (κ2) is 15.8. The van der Waals surface area contributed by atoms with E-state index in [-0.39, 0.29) is 41.8 Å². The average molecular weight is 732 g/mol. The lowest BCUT2D eigenvalue weighted by molar-refractivity contribution is 0.0341.